The van der Waals surface area contributed by atoms with Crippen molar-refractivity contribution in [2.45, 2.75) is 22.3 Å². The highest BCUT2D eigenvalue weighted by Gasteiger charge is 2.22. The number of urea groups is 1. The summed E-state index contributed by atoms with van der Waals surface area (Å²) in [7, 11) is -2.90. The summed E-state index contributed by atoms with van der Waals surface area (Å²) in [5, 5.41) is 2.19. The minimum Gasteiger partial charge on any atom is -0.467 e. The van der Waals surface area contributed by atoms with Crippen LogP contribution in [-0.4, -0.2) is 47.9 Å². The van der Waals surface area contributed by atoms with Gasteiger partial charge >= 0.3 is 12.0 Å². The largest absolute Gasteiger partial charge is 0.467 e. The molecule has 0 radical (unpaired) electrons. The van der Waals surface area contributed by atoms with Gasteiger partial charge in [-0.2, -0.15) is 15.0 Å². The number of halogens is 2. The first kappa shape index (κ1) is 21.1. The molecule has 0 aliphatic rings. The standard InChI is InChI=1S/C14H15ClFN5O4S2/c1-8-17-12(20-14(18-8)25-2)19-13(22)21-27(23,24)10-6-4-3-5-9(10)26-7-11(15)16/h3-6,11H,7H2,1-2H3,(H2,17,18,19,20,21,22). The number of ether oxygens (including phenoxy) is 1. The number of aryl methyl sites for hydroxylation is 1. The quantitative estimate of drug-likeness (QED) is 0.501. The number of carbonyl (C=O) groups is 1. The molecule has 0 bridgehead atoms. The Hall–Kier alpha value is -2.18. The summed E-state index contributed by atoms with van der Waals surface area (Å²) in [6, 6.07) is 4.71. The van der Waals surface area contributed by atoms with Gasteiger partial charge in [0.25, 0.3) is 10.0 Å². The van der Waals surface area contributed by atoms with Crippen molar-refractivity contribution in [2.24, 2.45) is 0 Å². The molecule has 2 N–H and O–H groups in total. The van der Waals surface area contributed by atoms with E-state index < -0.39 is 21.7 Å². The van der Waals surface area contributed by atoms with Crippen molar-refractivity contribution in [1.82, 2.24) is 19.7 Å². The van der Waals surface area contributed by atoms with Crippen molar-refractivity contribution in [1.29, 1.82) is 0 Å². The predicted molar refractivity (Wildman–Crippen MR) is 98.4 cm³/mol. The molecule has 13 heteroatoms. The number of thioether (sulfide) groups is 1. The molecule has 0 fully saturated rings. The summed E-state index contributed by atoms with van der Waals surface area (Å²) >= 11 is 6.17. The van der Waals surface area contributed by atoms with Gasteiger partial charge in [0.15, 0.2) is 5.63 Å². The van der Waals surface area contributed by atoms with Gasteiger partial charge in [-0.25, -0.2) is 22.3 Å². The van der Waals surface area contributed by atoms with Gasteiger partial charge in [-0.3, -0.25) is 5.32 Å². The fourth-order valence-electron chi connectivity index (χ4n) is 1.85. The molecule has 0 saturated heterocycles. The molecule has 9 nitrogen and oxygen atoms in total. The Morgan fingerprint density at radius 2 is 2.04 bits per heavy atom. The second-order valence-electron chi connectivity index (χ2n) is 4.90. The smallest absolute Gasteiger partial charge is 0.335 e. The Morgan fingerprint density at radius 1 is 1.33 bits per heavy atom. The fraction of sp³-hybridized carbons (Fsp3) is 0.286. The molecule has 2 rings (SSSR count). The molecule has 0 spiro atoms. The number of aromatic nitrogens is 3. The lowest BCUT2D eigenvalue weighted by Crippen LogP contribution is -2.35. The Balaban J connectivity index is 2.16. The molecule has 1 unspecified atom stereocenters. The number of carbonyl (C=O) groups excluding carboxylic acids is 1. The van der Waals surface area contributed by atoms with Crippen LogP contribution in [0.2, 0.25) is 0 Å². The number of alkyl halides is 2. The normalized spacial score (nSPS) is 12.3. The van der Waals surface area contributed by atoms with Gasteiger partial charge in [-0.05, 0) is 19.1 Å². The predicted octanol–water partition coefficient (Wildman–Crippen LogP) is 2.33. The molecule has 1 aromatic carbocycles. The van der Waals surface area contributed by atoms with Crippen LogP contribution in [0, 0.1) is 6.92 Å². The number of methoxy groups -OCH3 is 1. The second-order valence-corrected chi connectivity index (χ2v) is 8.09. The number of rotatable bonds is 7. The fourth-order valence-corrected chi connectivity index (χ4v) is 4.23. The first-order valence-electron chi connectivity index (χ1n) is 7.31. The van der Waals surface area contributed by atoms with Gasteiger partial charge in [0.05, 0.1) is 7.11 Å². The minimum atomic E-state index is -4.23. The van der Waals surface area contributed by atoms with Crippen molar-refractivity contribution < 1.29 is 22.3 Å². The molecule has 1 atom stereocenters. The molecule has 2 aromatic rings. The van der Waals surface area contributed by atoms with Gasteiger partial charge in [0, 0.05) is 10.6 Å². The van der Waals surface area contributed by atoms with Crippen LogP contribution in [0.5, 0.6) is 6.01 Å². The molecule has 146 valence electrons. The summed E-state index contributed by atoms with van der Waals surface area (Å²) < 4.78 is 44.5. The van der Waals surface area contributed by atoms with E-state index in [1.54, 1.807) is 13.0 Å². The highest BCUT2D eigenvalue weighted by molar-refractivity contribution is 8.00. The number of nitrogens with one attached hydrogen (secondary N) is 2. The van der Waals surface area contributed by atoms with Gasteiger partial charge < -0.3 is 4.74 Å². The molecular formula is C14H15ClFN5O4S2. The lowest BCUT2D eigenvalue weighted by atomic mass is 10.4. The van der Waals surface area contributed by atoms with E-state index in [0.717, 1.165) is 11.8 Å². The van der Waals surface area contributed by atoms with Crippen LogP contribution in [-0.2, 0) is 10.0 Å². The highest BCUT2D eigenvalue weighted by Crippen LogP contribution is 2.28. The number of anilines is 1. The van der Waals surface area contributed by atoms with Crippen LogP contribution in [0.25, 0.3) is 0 Å². The zero-order valence-electron chi connectivity index (χ0n) is 14.1. The number of amides is 2. The Kier molecular flexibility index (Phi) is 7.16. The maximum Gasteiger partial charge on any atom is 0.335 e. The number of nitrogens with zero attached hydrogens (tertiary/aromatic N) is 3. The topological polar surface area (TPSA) is 123 Å². The lowest BCUT2D eigenvalue weighted by molar-refractivity contribution is 0.256. The van der Waals surface area contributed by atoms with Crippen molar-refractivity contribution in [3.63, 3.8) is 0 Å². The van der Waals surface area contributed by atoms with Gasteiger partial charge in [-0.1, -0.05) is 23.7 Å². The van der Waals surface area contributed by atoms with Crippen molar-refractivity contribution in [2.75, 3.05) is 18.2 Å². The second kappa shape index (κ2) is 9.15. The number of benzene rings is 1. The molecule has 2 amide bonds. The van der Waals surface area contributed by atoms with E-state index in [4.69, 9.17) is 16.3 Å². The molecule has 27 heavy (non-hydrogen) atoms. The third-order valence-electron chi connectivity index (χ3n) is 2.87. The average Bonchev–Trinajstić information content (AvgIpc) is 2.59. The van der Waals surface area contributed by atoms with Crippen LogP contribution >= 0.6 is 23.4 Å². The Bertz CT molecular complexity index is 929. The molecular weight excluding hydrogens is 421 g/mol. The van der Waals surface area contributed by atoms with E-state index in [1.807, 2.05) is 4.72 Å². The average molecular weight is 436 g/mol. The van der Waals surface area contributed by atoms with Gasteiger partial charge in [-0.15, -0.1) is 11.8 Å². The van der Waals surface area contributed by atoms with E-state index in [2.05, 4.69) is 20.3 Å². The van der Waals surface area contributed by atoms with Crippen LogP contribution in [0.1, 0.15) is 5.82 Å². The zero-order valence-corrected chi connectivity index (χ0v) is 16.5. The third-order valence-corrected chi connectivity index (χ3v) is 5.85. The third kappa shape index (κ3) is 6.19. The maximum atomic E-state index is 12.8. The number of hydrogen-bond donors (Lipinski definition) is 2. The van der Waals surface area contributed by atoms with E-state index in [9.17, 15) is 17.6 Å². The monoisotopic (exact) mass is 435 g/mol. The lowest BCUT2D eigenvalue weighted by Gasteiger charge is -2.12. The SMILES string of the molecule is COc1nc(C)nc(NC(=O)NS(=O)(=O)c2ccccc2SCC(F)Cl)n1. The summed E-state index contributed by atoms with van der Waals surface area (Å²) in [6.07, 6.45) is 0. The maximum absolute atomic E-state index is 12.8. The molecule has 1 heterocycles. The van der Waals surface area contributed by atoms with E-state index in [-0.39, 0.29) is 33.3 Å². The summed E-state index contributed by atoms with van der Waals surface area (Å²) in [6.45, 7) is 1.55. The Labute approximate surface area is 164 Å². The van der Waals surface area contributed by atoms with E-state index in [0.29, 0.717) is 0 Å². The minimum absolute atomic E-state index is 0.0377. The van der Waals surface area contributed by atoms with E-state index in [1.165, 1.54) is 25.3 Å². The van der Waals surface area contributed by atoms with Crippen LogP contribution in [0.15, 0.2) is 34.1 Å². The summed E-state index contributed by atoms with van der Waals surface area (Å²) in [4.78, 5) is 23.6. The zero-order chi connectivity index (χ0) is 20.0. The van der Waals surface area contributed by atoms with E-state index >= 15 is 0 Å². The van der Waals surface area contributed by atoms with Crippen molar-refractivity contribution in [3.8, 4) is 6.01 Å². The molecule has 0 aliphatic carbocycles. The molecule has 0 saturated carbocycles. The first-order chi connectivity index (χ1) is 12.7. The van der Waals surface area contributed by atoms with Gasteiger partial charge in [0.1, 0.15) is 10.7 Å². The van der Waals surface area contributed by atoms with Crippen LogP contribution < -0.4 is 14.8 Å². The number of hydrogen-bond acceptors (Lipinski definition) is 8. The summed E-state index contributed by atoms with van der Waals surface area (Å²) in [5.41, 5.74) is -1.64. The summed E-state index contributed by atoms with van der Waals surface area (Å²) in [5.74, 6) is -0.0646. The highest BCUT2D eigenvalue weighted by atomic mass is 35.5. The first-order valence-corrected chi connectivity index (χ1v) is 10.2. The van der Waals surface area contributed by atoms with Crippen molar-refractivity contribution in [3.05, 3.63) is 30.1 Å². The Morgan fingerprint density at radius 3 is 2.70 bits per heavy atom. The van der Waals surface area contributed by atoms with Gasteiger partial charge in [0.2, 0.25) is 5.95 Å². The van der Waals surface area contributed by atoms with Crippen LogP contribution in [0.4, 0.5) is 15.1 Å². The van der Waals surface area contributed by atoms with Crippen LogP contribution in [0.3, 0.4) is 0 Å². The molecule has 1 aromatic heterocycles. The number of sulfonamides is 1. The van der Waals surface area contributed by atoms with Crippen molar-refractivity contribution >= 4 is 45.4 Å². The molecule has 0 aliphatic heterocycles.